The number of amides is 1. The summed E-state index contributed by atoms with van der Waals surface area (Å²) >= 11 is 3.40. The molecule has 0 bridgehead atoms. The van der Waals surface area contributed by atoms with E-state index in [2.05, 4.69) is 40.0 Å². The van der Waals surface area contributed by atoms with Gasteiger partial charge in [0.2, 0.25) is 0 Å². The molecule has 1 atom stereocenters. The van der Waals surface area contributed by atoms with Gasteiger partial charge in [0.05, 0.1) is 0 Å². The van der Waals surface area contributed by atoms with Crippen LogP contribution < -0.4 is 10.1 Å². The molecule has 0 unspecified atom stereocenters. The Labute approximate surface area is 141 Å². The minimum absolute atomic E-state index is 0.0389. The number of hydrogen-bond donors (Lipinski definition) is 1. The average Bonchev–Trinajstić information content (AvgIpc) is 2.47. The number of halogens is 1. The molecule has 1 heterocycles. The van der Waals surface area contributed by atoms with E-state index in [9.17, 15) is 4.79 Å². The molecular formula is C17H25BrN2O2. The second-order valence-electron chi connectivity index (χ2n) is 6.13. The lowest BCUT2D eigenvalue weighted by Crippen LogP contribution is -2.49. The van der Waals surface area contributed by atoms with Crippen LogP contribution in [0.1, 0.15) is 33.6 Å². The van der Waals surface area contributed by atoms with Gasteiger partial charge in [-0.15, -0.1) is 0 Å². The summed E-state index contributed by atoms with van der Waals surface area (Å²) in [4.78, 5) is 14.7. The van der Waals surface area contributed by atoms with E-state index in [1.165, 1.54) is 0 Å². The van der Waals surface area contributed by atoms with E-state index in [4.69, 9.17) is 4.74 Å². The SMILES string of the molecule is CC(C)N1CCC(NC(=O)[C@@H](C)Oc2cccc(Br)c2)CC1. The van der Waals surface area contributed by atoms with Crippen molar-refractivity contribution in [1.82, 2.24) is 10.2 Å². The fourth-order valence-electron chi connectivity index (χ4n) is 2.68. The minimum Gasteiger partial charge on any atom is -0.481 e. The molecular weight excluding hydrogens is 344 g/mol. The number of hydrogen-bond acceptors (Lipinski definition) is 3. The fraction of sp³-hybridized carbons (Fsp3) is 0.588. The van der Waals surface area contributed by atoms with Gasteiger partial charge in [-0.3, -0.25) is 4.79 Å². The highest BCUT2D eigenvalue weighted by atomic mass is 79.9. The third-order valence-electron chi connectivity index (χ3n) is 4.08. The number of nitrogens with zero attached hydrogens (tertiary/aromatic N) is 1. The van der Waals surface area contributed by atoms with Crippen LogP contribution in [0.15, 0.2) is 28.7 Å². The first-order valence-electron chi connectivity index (χ1n) is 7.92. The number of benzene rings is 1. The van der Waals surface area contributed by atoms with Gasteiger partial charge < -0.3 is 15.0 Å². The maximum Gasteiger partial charge on any atom is 0.260 e. The first-order chi connectivity index (χ1) is 10.5. The van der Waals surface area contributed by atoms with Crippen molar-refractivity contribution in [3.63, 3.8) is 0 Å². The summed E-state index contributed by atoms with van der Waals surface area (Å²) in [5.41, 5.74) is 0. The number of rotatable bonds is 5. The lowest BCUT2D eigenvalue weighted by Gasteiger charge is -2.35. The van der Waals surface area contributed by atoms with Crippen molar-refractivity contribution < 1.29 is 9.53 Å². The standard InChI is InChI=1S/C17H25BrN2O2/c1-12(2)20-9-7-15(8-10-20)19-17(21)13(3)22-16-6-4-5-14(18)11-16/h4-6,11-13,15H,7-10H2,1-3H3,(H,19,21)/t13-/m1/s1. The molecule has 122 valence electrons. The van der Waals surface area contributed by atoms with Crippen molar-refractivity contribution in [2.75, 3.05) is 13.1 Å². The van der Waals surface area contributed by atoms with E-state index in [1.54, 1.807) is 6.92 Å². The Morgan fingerprint density at radius 3 is 2.59 bits per heavy atom. The van der Waals surface area contributed by atoms with Crippen LogP contribution in [0, 0.1) is 0 Å². The molecule has 0 aliphatic carbocycles. The third-order valence-corrected chi connectivity index (χ3v) is 4.58. The number of likely N-dealkylation sites (tertiary alicyclic amines) is 1. The maximum atomic E-state index is 12.3. The van der Waals surface area contributed by atoms with E-state index in [0.717, 1.165) is 30.4 Å². The molecule has 1 N–H and O–H groups in total. The van der Waals surface area contributed by atoms with Crippen LogP contribution in [0.3, 0.4) is 0 Å². The van der Waals surface area contributed by atoms with E-state index < -0.39 is 6.10 Å². The Kier molecular flexibility index (Phi) is 6.26. The molecule has 1 aromatic carbocycles. The Bertz CT molecular complexity index is 499. The van der Waals surface area contributed by atoms with Crippen LogP contribution in [0.2, 0.25) is 0 Å². The molecule has 1 aliphatic rings. The molecule has 2 rings (SSSR count). The lowest BCUT2D eigenvalue weighted by molar-refractivity contribution is -0.128. The van der Waals surface area contributed by atoms with Gasteiger partial charge in [-0.25, -0.2) is 0 Å². The summed E-state index contributed by atoms with van der Waals surface area (Å²) in [6.07, 6.45) is 1.53. The van der Waals surface area contributed by atoms with Gasteiger partial charge in [0.25, 0.3) is 5.91 Å². The van der Waals surface area contributed by atoms with Gasteiger partial charge in [0.15, 0.2) is 6.10 Å². The zero-order valence-corrected chi connectivity index (χ0v) is 15.1. The summed E-state index contributed by atoms with van der Waals surface area (Å²) in [5.74, 6) is 0.662. The van der Waals surface area contributed by atoms with Gasteiger partial charge in [0, 0.05) is 29.6 Å². The van der Waals surface area contributed by atoms with Crippen LogP contribution >= 0.6 is 15.9 Å². The van der Waals surface area contributed by atoms with Gasteiger partial charge in [-0.2, -0.15) is 0 Å². The number of carbonyl (C=O) groups is 1. The minimum atomic E-state index is -0.488. The zero-order chi connectivity index (χ0) is 16.1. The summed E-state index contributed by atoms with van der Waals surface area (Å²) in [6, 6.07) is 8.39. The third kappa shape index (κ3) is 4.99. The molecule has 5 heteroatoms. The van der Waals surface area contributed by atoms with Crippen LogP contribution in [0.25, 0.3) is 0 Å². The van der Waals surface area contributed by atoms with Gasteiger partial charge in [0.1, 0.15) is 5.75 Å². The number of nitrogens with one attached hydrogen (secondary N) is 1. The Morgan fingerprint density at radius 1 is 1.32 bits per heavy atom. The molecule has 4 nitrogen and oxygen atoms in total. The zero-order valence-electron chi connectivity index (χ0n) is 13.5. The average molecular weight is 369 g/mol. The molecule has 1 saturated heterocycles. The highest BCUT2D eigenvalue weighted by Gasteiger charge is 2.24. The first kappa shape index (κ1) is 17.3. The predicted molar refractivity (Wildman–Crippen MR) is 92.1 cm³/mol. The summed E-state index contributed by atoms with van der Waals surface area (Å²) in [6.45, 7) is 8.31. The molecule has 22 heavy (non-hydrogen) atoms. The summed E-state index contributed by atoms with van der Waals surface area (Å²) in [5, 5.41) is 3.11. The van der Waals surface area contributed by atoms with Crippen molar-refractivity contribution in [3.8, 4) is 5.75 Å². The van der Waals surface area contributed by atoms with E-state index >= 15 is 0 Å². The van der Waals surface area contributed by atoms with Gasteiger partial charge >= 0.3 is 0 Å². The molecule has 0 aromatic heterocycles. The quantitative estimate of drug-likeness (QED) is 0.867. The van der Waals surface area contributed by atoms with Crippen molar-refractivity contribution in [2.24, 2.45) is 0 Å². The van der Waals surface area contributed by atoms with Gasteiger partial charge in [-0.05, 0) is 51.8 Å². The van der Waals surface area contributed by atoms with E-state index in [1.807, 2.05) is 24.3 Å². The number of carbonyl (C=O) groups excluding carboxylic acids is 1. The number of piperidine rings is 1. The Hall–Kier alpha value is -1.07. The monoisotopic (exact) mass is 368 g/mol. The first-order valence-corrected chi connectivity index (χ1v) is 8.71. The van der Waals surface area contributed by atoms with Crippen molar-refractivity contribution >= 4 is 21.8 Å². The summed E-state index contributed by atoms with van der Waals surface area (Å²) in [7, 11) is 0. The topological polar surface area (TPSA) is 41.6 Å². The molecule has 1 fully saturated rings. The molecule has 0 radical (unpaired) electrons. The fourth-order valence-corrected chi connectivity index (χ4v) is 3.05. The maximum absolute atomic E-state index is 12.3. The number of ether oxygens (including phenoxy) is 1. The highest BCUT2D eigenvalue weighted by Crippen LogP contribution is 2.19. The predicted octanol–water partition coefficient (Wildman–Crippen LogP) is 3.21. The molecule has 1 aliphatic heterocycles. The molecule has 1 amide bonds. The molecule has 0 spiro atoms. The van der Waals surface area contributed by atoms with Crippen molar-refractivity contribution in [2.45, 2.75) is 51.8 Å². The smallest absolute Gasteiger partial charge is 0.260 e. The normalized spacial score (nSPS) is 18.2. The lowest BCUT2D eigenvalue weighted by atomic mass is 10.0. The highest BCUT2D eigenvalue weighted by molar-refractivity contribution is 9.10. The van der Waals surface area contributed by atoms with E-state index in [-0.39, 0.29) is 11.9 Å². The van der Waals surface area contributed by atoms with Crippen LogP contribution in [-0.2, 0) is 4.79 Å². The molecule has 0 saturated carbocycles. The van der Waals surface area contributed by atoms with Crippen molar-refractivity contribution in [1.29, 1.82) is 0 Å². The largest absolute Gasteiger partial charge is 0.481 e. The van der Waals surface area contributed by atoms with Gasteiger partial charge in [-0.1, -0.05) is 22.0 Å². The van der Waals surface area contributed by atoms with Crippen LogP contribution in [0.4, 0.5) is 0 Å². The van der Waals surface area contributed by atoms with Crippen molar-refractivity contribution in [3.05, 3.63) is 28.7 Å². The second-order valence-corrected chi connectivity index (χ2v) is 7.05. The van der Waals surface area contributed by atoms with Crippen LogP contribution in [-0.4, -0.2) is 42.1 Å². The Balaban J connectivity index is 1.80. The summed E-state index contributed by atoms with van der Waals surface area (Å²) < 4.78 is 6.65. The Morgan fingerprint density at radius 2 is 2.00 bits per heavy atom. The second kappa shape index (κ2) is 7.97. The van der Waals surface area contributed by atoms with Crippen LogP contribution in [0.5, 0.6) is 5.75 Å². The molecule has 1 aromatic rings. The van der Waals surface area contributed by atoms with E-state index in [0.29, 0.717) is 11.8 Å².